The second-order valence-electron chi connectivity index (χ2n) is 3.41. The lowest BCUT2D eigenvalue weighted by Crippen LogP contribution is -2.32. The van der Waals surface area contributed by atoms with E-state index in [1.165, 1.54) is 7.11 Å². The molecule has 0 aliphatic heterocycles. The van der Waals surface area contributed by atoms with E-state index in [1.54, 1.807) is 6.92 Å². The molecule has 0 bridgehead atoms. The summed E-state index contributed by atoms with van der Waals surface area (Å²) < 4.78 is 30.8. The Labute approximate surface area is 104 Å². The molecule has 1 aromatic rings. The molecular formula is C9H13ClN2O4S. The van der Waals surface area contributed by atoms with E-state index < -0.39 is 15.6 Å². The molecule has 1 unspecified atom stereocenters. The van der Waals surface area contributed by atoms with Gasteiger partial charge in [0.15, 0.2) is 0 Å². The summed E-state index contributed by atoms with van der Waals surface area (Å²) in [6.45, 7) is 1.86. The zero-order valence-electron chi connectivity index (χ0n) is 9.36. The molecule has 1 atom stereocenters. The van der Waals surface area contributed by atoms with Gasteiger partial charge in [-0.1, -0.05) is 11.6 Å². The average Bonchev–Trinajstić information content (AvgIpc) is 2.29. The van der Waals surface area contributed by atoms with Crippen LogP contribution in [0.4, 0.5) is 0 Å². The number of ether oxygens (including phenoxy) is 1. The third-order valence-electron chi connectivity index (χ3n) is 2.10. The van der Waals surface area contributed by atoms with Crippen LogP contribution in [-0.2, 0) is 14.8 Å². The number of aromatic nitrogens is 1. The van der Waals surface area contributed by atoms with Crippen LogP contribution < -0.4 is 10.3 Å². The van der Waals surface area contributed by atoms with Gasteiger partial charge >= 0.3 is 0 Å². The molecule has 2 N–H and O–H groups in total. The second kappa shape index (κ2) is 5.63. The number of hydrogen-bond acceptors (Lipinski definition) is 4. The van der Waals surface area contributed by atoms with E-state index in [4.69, 9.17) is 16.3 Å². The molecule has 0 amide bonds. The molecule has 1 aromatic heterocycles. The average molecular weight is 281 g/mol. The highest BCUT2D eigenvalue weighted by molar-refractivity contribution is 7.89. The van der Waals surface area contributed by atoms with Gasteiger partial charge in [0.05, 0.1) is 11.0 Å². The summed E-state index contributed by atoms with van der Waals surface area (Å²) in [5.74, 6) is 0. The number of hydrogen-bond donors (Lipinski definition) is 2. The molecule has 0 fully saturated rings. The number of H-pyrrole nitrogens is 1. The van der Waals surface area contributed by atoms with E-state index in [2.05, 4.69) is 9.71 Å². The number of methoxy groups -OCH3 is 1. The maximum absolute atomic E-state index is 11.8. The molecule has 1 heterocycles. The first-order valence-corrected chi connectivity index (χ1v) is 6.63. The molecule has 17 heavy (non-hydrogen) atoms. The van der Waals surface area contributed by atoms with E-state index in [9.17, 15) is 13.2 Å². The molecule has 0 saturated heterocycles. The van der Waals surface area contributed by atoms with E-state index in [0.29, 0.717) is 0 Å². The number of aromatic amines is 1. The van der Waals surface area contributed by atoms with Crippen LogP contribution in [-0.4, -0.2) is 33.2 Å². The molecule has 0 aliphatic rings. The van der Waals surface area contributed by atoms with Crippen molar-refractivity contribution in [3.63, 3.8) is 0 Å². The van der Waals surface area contributed by atoms with Crippen molar-refractivity contribution in [2.24, 2.45) is 0 Å². The molecule has 0 radical (unpaired) electrons. The Hall–Kier alpha value is -0.890. The summed E-state index contributed by atoms with van der Waals surface area (Å²) in [7, 11) is -2.21. The fourth-order valence-electron chi connectivity index (χ4n) is 0.987. The van der Waals surface area contributed by atoms with Crippen molar-refractivity contribution < 1.29 is 13.2 Å². The van der Waals surface area contributed by atoms with Crippen LogP contribution in [0.2, 0.25) is 5.02 Å². The van der Waals surface area contributed by atoms with Crippen molar-refractivity contribution in [1.29, 1.82) is 0 Å². The van der Waals surface area contributed by atoms with Gasteiger partial charge in [-0.2, -0.15) is 0 Å². The highest BCUT2D eigenvalue weighted by Crippen LogP contribution is 2.10. The van der Waals surface area contributed by atoms with Crippen molar-refractivity contribution in [3.8, 4) is 0 Å². The Kier molecular flexibility index (Phi) is 4.70. The standard InChI is InChI=1S/C9H13ClN2O4S/c1-6(16-2)4-12-17(14,15)7-3-8(10)9(13)11-5-7/h3,5-6,12H,4H2,1-2H3,(H,11,13). The summed E-state index contributed by atoms with van der Waals surface area (Å²) in [5.41, 5.74) is -0.532. The lowest BCUT2D eigenvalue weighted by molar-refractivity contribution is 0.122. The lowest BCUT2D eigenvalue weighted by Gasteiger charge is -2.11. The second-order valence-corrected chi connectivity index (χ2v) is 5.58. The molecule has 1 rings (SSSR count). The number of nitrogens with one attached hydrogen (secondary N) is 2. The fourth-order valence-corrected chi connectivity index (χ4v) is 2.33. The number of halogens is 1. The van der Waals surface area contributed by atoms with Gasteiger partial charge in [-0.05, 0) is 13.0 Å². The molecule has 0 aliphatic carbocycles. The van der Waals surface area contributed by atoms with Crippen molar-refractivity contribution in [2.75, 3.05) is 13.7 Å². The Morgan fingerprint density at radius 1 is 1.59 bits per heavy atom. The van der Waals surface area contributed by atoms with E-state index in [-0.39, 0.29) is 22.6 Å². The SMILES string of the molecule is COC(C)CNS(=O)(=O)c1c[nH]c(=O)c(Cl)c1. The molecule has 0 aromatic carbocycles. The normalized spacial score (nSPS) is 13.6. The Morgan fingerprint density at radius 3 is 2.76 bits per heavy atom. The van der Waals surface area contributed by atoms with Crippen LogP contribution >= 0.6 is 11.6 Å². The van der Waals surface area contributed by atoms with Crippen molar-refractivity contribution in [2.45, 2.75) is 17.9 Å². The quantitative estimate of drug-likeness (QED) is 0.814. The van der Waals surface area contributed by atoms with Gasteiger partial charge in [0.2, 0.25) is 10.0 Å². The van der Waals surface area contributed by atoms with Crippen molar-refractivity contribution in [1.82, 2.24) is 9.71 Å². The monoisotopic (exact) mass is 280 g/mol. The molecule has 8 heteroatoms. The third kappa shape index (κ3) is 3.81. The van der Waals surface area contributed by atoms with Crippen LogP contribution in [0.1, 0.15) is 6.92 Å². The van der Waals surface area contributed by atoms with Crippen molar-refractivity contribution >= 4 is 21.6 Å². The maximum Gasteiger partial charge on any atom is 0.266 e. The molecule has 6 nitrogen and oxygen atoms in total. The molecule has 0 spiro atoms. The predicted molar refractivity (Wildman–Crippen MR) is 63.7 cm³/mol. The van der Waals surface area contributed by atoms with Gasteiger partial charge in [0.25, 0.3) is 5.56 Å². The van der Waals surface area contributed by atoms with Crippen molar-refractivity contribution in [3.05, 3.63) is 27.6 Å². The summed E-state index contributed by atoms with van der Waals surface area (Å²) in [6, 6.07) is 1.10. The zero-order valence-corrected chi connectivity index (χ0v) is 10.9. The van der Waals surface area contributed by atoms with Crippen LogP contribution in [0.3, 0.4) is 0 Å². The third-order valence-corrected chi connectivity index (χ3v) is 3.79. The summed E-state index contributed by atoms with van der Waals surface area (Å²) in [4.78, 5) is 13.1. The first-order valence-electron chi connectivity index (χ1n) is 4.77. The number of sulfonamides is 1. The predicted octanol–water partition coefficient (Wildman–Crippen LogP) is 0.341. The Bertz CT molecular complexity index is 540. The van der Waals surface area contributed by atoms with Crippen LogP contribution in [0.25, 0.3) is 0 Å². The van der Waals surface area contributed by atoms with Crippen LogP contribution in [0, 0.1) is 0 Å². The molecule has 96 valence electrons. The Balaban J connectivity index is 2.90. The summed E-state index contributed by atoms with van der Waals surface area (Å²) in [6.07, 6.45) is 0.844. The van der Waals surface area contributed by atoms with Crippen LogP contribution in [0.5, 0.6) is 0 Å². The minimum atomic E-state index is -3.69. The van der Waals surface area contributed by atoms with E-state index in [1.807, 2.05) is 0 Å². The van der Waals surface area contributed by atoms with Gasteiger partial charge in [-0.15, -0.1) is 0 Å². The van der Waals surface area contributed by atoms with Gasteiger partial charge in [-0.25, -0.2) is 13.1 Å². The summed E-state index contributed by atoms with van der Waals surface area (Å²) >= 11 is 5.55. The smallest absolute Gasteiger partial charge is 0.266 e. The van der Waals surface area contributed by atoms with Gasteiger partial charge in [0, 0.05) is 19.9 Å². The Morgan fingerprint density at radius 2 is 2.24 bits per heavy atom. The maximum atomic E-state index is 11.8. The fraction of sp³-hybridized carbons (Fsp3) is 0.444. The highest BCUT2D eigenvalue weighted by Gasteiger charge is 2.16. The molecular weight excluding hydrogens is 268 g/mol. The first kappa shape index (κ1) is 14.2. The molecule has 0 saturated carbocycles. The lowest BCUT2D eigenvalue weighted by atomic mass is 10.4. The first-order chi connectivity index (χ1) is 7.86. The topological polar surface area (TPSA) is 88.3 Å². The largest absolute Gasteiger partial charge is 0.380 e. The van der Waals surface area contributed by atoms with Crippen LogP contribution in [0.15, 0.2) is 22.0 Å². The highest BCUT2D eigenvalue weighted by atomic mass is 35.5. The minimum Gasteiger partial charge on any atom is -0.380 e. The minimum absolute atomic E-state index is 0.0922. The van der Waals surface area contributed by atoms with Gasteiger partial charge in [-0.3, -0.25) is 4.79 Å². The van der Waals surface area contributed by atoms with Gasteiger partial charge in [0.1, 0.15) is 5.02 Å². The number of pyridine rings is 1. The zero-order chi connectivity index (χ0) is 13.1. The summed E-state index contributed by atoms with van der Waals surface area (Å²) in [5, 5.41) is -0.173. The van der Waals surface area contributed by atoms with E-state index in [0.717, 1.165) is 12.3 Å². The number of rotatable bonds is 5. The van der Waals surface area contributed by atoms with E-state index >= 15 is 0 Å². The van der Waals surface area contributed by atoms with Gasteiger partial charge < -0.3 is 9.72 Å².